The number of nitrogens with two attached hydrogens (primary N) is 1. The molecule has 174 valence electrons. The Bertz CT molecular complexity index is 1390. The smallest absolute Gasteiger partial charge is 0.220 e. The van der Waals surface area contributed by atoms with Gasteiger partial charge in [-0.15, -0.1) is 0 Å². The molecular formula is C25H27N7O2. The lowest BCUT2D eigenvalue weighted by atomic mass is 9.90. The van der Waals surface area contributed by atoms with Gasteiger partial charge in [-0.2, -0.15) is 0 Å². The van der Waals surface area contributed by atoms with Crippen LogP contribution < -0.4 is 11.2 Å². The summed E-state index contributed by atoms with van der Waals surface area (Å²) in [6.45, 7) is 4.88. The summed E-state index contributed by atoms with van der Waals surface area (Å²) in [4.78, 5) is 13.5. The molecule has 4 aromatic rings. The number of aliphatic hydroxyl groups excluding tert-OH is 1. The normalized spacial score (nSPS) is 15.8. The van der Waals surface area contributed by atoms with Gasteiger partial charge in [-0.25, -0.2) is 20.0 Å². The van der Waals surface area contributed by atoms with Crippen molar-refractivity contribution in [2.45, 2.75) is 19.4 Å². The number of anilines is 1. The zero-order chi connectivity index (χ0) is 23.9. The Morgan fingerprint density at radius 3 is 2.82 bits per heavy atom. The van der Waals surface area contributed by atoms with Crippen molar-refractivity contribution in [2.24, 2.45) is 0 Å². The lowest BCUT2D eigenvalue weighted by Gasteiger charge is -2.24. The fraction of sp³-hybridized carbons (Fsp3) is 0.240. The summed E-state index contributed by atoms with van der Waals surface area (Å²) in [5.74, 6) is 0.0843. The zero-order valence-corrected chi connectivity index (χ0v) is 19.1. The Hall–Kier alpha value is -3.79. The van der Waals surface area contributed by atoms with Gasteiger partial charge in [0.25, 0.3) is 0 Å². The van der Waals surface area contributed by atoms with Crippen molar-refractivity contribution < 1.29 is 10.2 Å². The van der Waals surface area contributed by atoms with Crippen LogP contribution in [0.5, 0.6) is 0 Å². The molecule has 9 heteroatoms. The number of aromatic nitrogens is 4. The third-order valence-electron chi connectivity index (χ3n) is 6.11. The molecule has 1 aliphatic heterocycles. The first kappa shape index (κ1) is 22.0. The number of nitrogens with zero attached hydrogens (tertiary/aromatic N) is 5. The average Bonchev–Trinajstić information content (AvgIpc) is 3.43. The fourth-order valence-electron chi connectivity index (χ4n) is 4.29. The molecule has 0 aliphatic carbocycles. The second-order valence-corrected chi connectivity index (χ2v) is 8.64. The lowest BCUT2D eigenvalue weighted by Crippen LogP contribution is -2.33. The maximum atomic E-state index is 11.4. The van der Waals surface area contributed by atoms with Gasteiger partial charge in [0.2, 0.25) is 5.95 Å². The highest BCUT2D eigenvalue weighted by atomic mass is 16.3. The van der Waals surface area contributed by atoms with Gasteiger partial charge in [0, 0.05) is 36.1 Å². The van der Waals surface area contributed by atoms with Crippen LogP contribution >= 0.6 is 0 Å². The Labute approximate surface area is 197 Å². The molecule has 3 aromatic heterocycles. The number of benzene rings is 1. The number of pyridine rings is 1. The molecule has 1 atom stereocenters. The van der Waals surface area contributed by atoms with Crippen molar-refractivity contribution >= 4 is 22.7 Å². The quantitative estimate of drug-likeness (QED) is 0.347. The highest BCUT2D eigenvalue weighted by Crippen LogP contribution is 2.35. The number of aryl methyl sites for hydroxylation is 1. The van der Waals surface area contributed by atoms with E-state index in [2.05, 4.69) is 20.4 Å². The Morgan fingerprint density at radius 2 is 2.03 bits per heavy atom. The third kappa shape index (κ3) is 3.90. The first-order valence-electron chi connectivity index (χ1n) is 11.1. The van der Waals surface area contributed by atoms with Gasteiger partial charge in [-0.3, -0.25) is 0 Å². The summed E-state index contributed by atoms with van der Waals surface area (Å²) in [6, 6.07) is 13.3. The van der Waals surface area contributed by atoms with E-state index in [-0.39, 0.29) is 12.6 Å². The molecule has 1 aliphatic rings. The molecular weight excluding hydrogens is 430 g/mol. The molecule has 5 N–H and O–H groups in total. The molecule has 0 bridgehead atoms. The van der Waals surface area contributed by atoms with E-state index in [0.29, 0.717) is 24.5 Å². The Morgan fingerprint density at radius 1 is 1.18 bits per heavy atom. The molecule has 4 heterocycles. The van der Waals surface area contributed by atoms with Crippen LogP contribution in [0, 0.1) is 6.92 Å². The zero-order valence-electron chi connectivity index (χ0n) is 19.1. The number of hydrazine groups is 1. The van der Waals surface area contributed by atoms with E-state index in [1.54, 1.807) is 19.2 Å². The average molecular weight is 458 g/mol. The number of fused-ring (bicyclic) bond motifs is 1. The van der Waals surface area contributed by atoms with Crippen LogP contribution in [-0.2, 0) is 5.60 Å². The van der Waals surface area contributed by atoms with E-state index < -0.39 is 5.60 Å². The first-order valence-corrected chi connectivity index (χ1v) is 11.1. The van der Waals surface area contributed by atoms with Gasteiger partial charge < -0.3 is 25.9 Å². The summed E-state index contributed by atoms with van der Waals surface area (Å²) in [7, 11) is 0. The number of hydrogen-bond donors (Lipinski definition) is 4. The maximum Gasteiger partial charge on any atom is 0.220 e. The molecule has 0 spiro atoms. The van der Waals surface area contributed by atoms with Crippen molar-refractivity contribution in [1.29, 1.82) is 0 Å². The van der Waals surface area contributed by atoms with E-state index in [1.807, 2.05) is 65.3 Å². The minimum Gasteiger partial charge on any atom is -0.395 e. The molecule has 9 nitrogen and oxygen atoms in total. The minimum absolute atomic E-state index is 0.0634. The fourth-order valence-corrected chi connectivity index (χ4v) is 4.29. The minimum atomic E-state index is -1.35. The molecule has 0 saturated carbocycles. The van der Waals surface area contributed by atoms with Gasteiger partial charge in [-0.05, 0) is 37.6 Å². The van der Waals surface area contributed by atoms with Crippen molar-refractivity contribution in [3.8, 4) is 11.3 Å². The third-order valence-corrected chi connectivity index (χ3v) is 6.11. The topological polar surface area (TPSA) is 125 Å². The molecule has 0 amide bonds. The van der Waals surface area contributed by atoms with Crippen LogP contribution in [0.15, 0.2) is 61.1 Å². The van der Waals surface area contributed by atoms with Gasteiger partial charge in [-0.1, -0.05) is 29.8 Å². The highest BCUT2D eigenvalue weighted by Gasteiger charge is 2.29. The number of rotatable bonds is 6. The number of β-amino-alcohol motifs (C(OH)–C–C–N with tert-alkyl or cyclic N) is 1. The van der Waals surface area contributed by atoms with E-state index in [9.17, 15) is 10.2 Å². The number of nitrogens with one attached hydrogen (secondary N) is 1. The number of hydrogen-bond acceptors (Lipinski definition) is 8. The van der Waals surface area contributed by atoms with Gasteiger partial charge in [0.05, 0.1) is 30.2 Å². The van der Waals surface area contributed by atoms with Crippen LogP contribution in [0.4, 0.5) is 5.95 Å². The summed E-state index contributed by atoms with van der Waals surface area (Å²) in [5, 5.41) is 23.5. The predicted molar refractivity (Wildman–Crippen MR) is 131 cm³/mol. The number of nitrogen functional groups attached to an aromatic ring is 1. The monoisotopic (exact) mass is 457 g/mol. The molecule has 1 aromatic carbocycles. The van der Waals surface area contributed by atoms with Crippen LogP contribution in [0.2, 0.25) is 0 Å². The largest absolute Gasteiger partial charge is 0.395 e. The second-order valence-electron chi connectivity index (χ2n) is 8.64. The highest BCUT2D eigenvalue weighted by molar-refractivity contribution is 5.95. The van der Waals surface area contributed by atoms with E-state index in [4.69, 9.17) is 5.73 Å². The molecule has 0 radical (unpaired) electrons. The SMILES string of the molecule is Cc1cccc(C(C)(O)c2cc(-c3cn(C4=CNN(CCO)C4)c4ncccc34)nc(N)n2)c1. The van der Waals surface area contributed by atoms with Crippen molar-refractivity contribution in [3.63, 3.8) is 0 Å². The maximum absolute atomic E-state index is 11.4. The standard InChI is InChI=1S/C25H27N7O2/c1-16-5-3-6-17(11-16)25(2,34)22-12-21(29-24(26)30-22)20-15-32(23-19(20)7-4-8-27-23)18-13-28-31(14-18)9-10-33/h3-8,11-13,15,28,33-34H,9-10,14H2,1-2H3,(H2,26,29,30). The molecule has 0 saturated heterocycles. The van der Waals surface area contributed by atoms with Crippen molar-refractivity contribution in [3.05, 3.63) is 77.9 Å². The molecule has 1 unspecified atom stereocenters. The molecule has 0 fully saturated rings. The van der Waals surface area contributed by atoms with Gasteiger partial charge in [0.15, 0.2) is 0 Å². The van der Waals surface area contributed by atoms with Crippen LogP contribution in [-0.4, -0.2) is 54.4 Å². The predicted octanol–water partition coefficient (Wildman–Crippen LogP) is 2.25. The summed E-state index contributed by atoms with van der Waals surface area (Å²) in [6.07, 6.45) is 5.62. The summed E-state index contributed by atoms with van der Waals surface area (Å²) in [5.41, 5.74) is 13.3. The van der Waals surface area contributed by atoms with Gasteiger partial charge in [0.1, 0.15) is 11.2 Å². The molecule has 34 heavy (non-hydrogen) atoms. The van der Waals surface area contributed by atoms with Crippen molar-refractivity contribution in [2.75, 3.05) is 25.4 Å². The van der Waals surface area contributed by atoms with E-state index in [0.717, 1.165) is 33.4 Å². The van der Waals surface area contributed by atoms with E-state index in [1.165, 1.54) is 0 Å². The van der Waals surface area contributed by atoms with Crippen LogP contribution in [0.25, 0.3) is 28.0 Å². The number of aliphatic hydroxyl groups is 2. The molecule has 5 rings (SSSR count). The van der Waals surface area contributed by atoms with Gasteiger partial charge >= 0.3 is 0 Å². The van der Waals surface area contributed by atoms with Crippen molar-refractivity contribution in [1.82, 2.24) is 30.0 Å². The lowest BCUT2D eigenvalue weighted by molar-refractivity contribution is 0.0974. The summed E-state index contributed by atoms with van der Waals surface area (Å²) >= 11 is 0. The first-order chi connectivity index (χ1) is 16.4. The van der Waals surface area contributed by atoms with E-state index >= 15 is 0 Å². The Kier molecular flexibility index (Phi) is 5.52. The van der Waals surface area contributed by atoms with Crippen LogP contribution in [0.3, 0.4) is 0 Å². The van der Waals surface area contributed by atoms with Crippen LogP contribution in [0.1, 0.15) is 23.7 Å². The Balaban J connectivity index is 1.61. The second kappa shape index (κ2) is 8.53. The summed E-state index contributed by atoms with van der Waals surface area (Å²) < 4.78 is 2.01.